The van der Waals surface area contributed by atoms with Crippen LogP contribution in [0.5, 0.6) is 0 Å². The summed E-state index contributed by atoms with van der Waals surface area (Å²) in [6, 6.07) is 0.720. The van der Waals surface area contributed by atoms with Gasteiger partial charge in [0.25, 0.3) is 0 Å². The Morgan fingerprint density at radius 1 is 1.35 bits per heavy atom. The third kappa shape index (κ3) is 7.20. The summed E-state index contributed by atoms with van der Waals surface area (Å²) < 4.78 is 11.0. The van der Waals surface area contributed by atoms with Crippen LogP contribution in [0.3, 0.4) is 0 Å². The van der Waals surface area contributed by atoms with E-state index in [1.54, 1.807) is 6.26 Å². The van der Waals surface area contributed by atoms with Crippen LogP contribution < -0.4 is 5.32 Å². The van der Waals surface area contributed by atoms with Gasteiger partial charge in [-0.05, 0) is 44.1 Å². The first-order valence-electron chi connectivity index (χ1n) is 7.11. The molecule has 102 valence electrons. The average Bonchev–Trinajstić information content (AvgIpc) is 2.24. The summed E-state index contributed by atoms with van der Waals surface area (Å²) in [5.74, 6) is 2.61. The molecular weight excluding hydrogens is 230 g/mol. The van der Waals surface area contributed by atoms with Crippen molar-refractivity contribution in [1.29, 1.82) is 0 Å². The molecule has 1 N–H and O–H groups in total. The lowest BCUT2D eigenvalue weighted by Gasteiger charge is -2.30. The van der Waals surface area contributed by atoms with Crippen LogP contribution in [0.2, 0.25) is 0 Å². The first-order chi connectivity index (χ1) is 8.08. The molecule has 2 nitrogen and oxygen atoms in total. The second-order valence-electron chi connectivity index (χ2n) is 5.94. The molecule has 0 heterocycles. The van der Waals surface area contributed by atoms with Gasteiger partial charge in [0.1, 0.15) is 0 Å². The van der Waals surface area contributed by atoms with Crippen molar-refractivity contribution in [3.63, 3.8) is 0 Å². The van der Waals surface area contributed by atoms with Gasteiger partial charge in [0.15, 0.2) is 0 Å². The second kappa shape index (κ2) is 8.25. The lowest BCUT2D eigenvalue weighted by atomic mass is 9.81. The summed E-state index contributed by atoms with van der Waals surface area (Å²) in [4.78, 5) is 0. The van der Waals surface area contributed by atoms with E-state index in [1.165, 1.54) is 32.1 Å². The van der Waals surface area contributed by atoms with E-state index in [0.717, 1.165) is 36.6 Å². The number of hydrogen-bond donors (Lipinski definition) is 1. The van der Waals surface area contributed by atoms with Gasteiger partial charge in [0.2, 0.25) is 0 Å². The van der Waals surface area contributed by atoms with Crippen molar-refractivity contribution in [1.82, 2.24) is 5.32 Å². The minimum Gasteiger partial charge on any atom is -0.314 e. The summed E-state index contributed by atoms with van der Waals surface area (Å²) in [5, 5.41) is 3.65. The van der Waals surface area contributed by atoms with Crippen molar-refractivity contribution in [2.75, 3.05) is 18.6 Å². The Hall–Kier alpha value is 0.110. The maximum absolute atomic E-state index is 11.0. The summed E-state index contributed by atoms with van der Waals surface area (Å²) in [5.41, 5.74) is 0. The fourth-order valence-corrected chi connectivity index (χ4v) is 3.49. The van der Waals surface area contributed by atoms with Crippen molar-refractivity contribution in [3.8, 4) is 0 Å². The zero-order chi connectivity index (χ0) is 12.7. The zero-order valence-corrected chi connectivity index (χ0v) is 12.5. The van der Waals surface area contributed by atoms with Gasteiger partial charge in [-0.3, -0.25) is 4.21 Å². The molecule has 0 radical (unpaired) electrons. The monoisotopic (exact) mass is 259 g/mol. The van der Waals surface area contributed by atoms with Crippen LogP contribution in [0.4, 0.5) is 0 Å². The van der Waals surface area contributed by atoms with Crippen LogP contribution in [0.15, 0.2) is 0 Å². The molecule has 1 aliphatic carbocycles. The van der Waals surface area contributed by atoms with Crippen LogP contribution in [0, 0.1) is 11.8 Å². The highest BCUT2D eigenvalue weighted by molar-refractivity contribution is 7.84. The fraction of sp³-hybridized carbons (Fsp3) is 1.00. The lowest BCUT2D eigenvalue weighted by Crippen LogP contribution is -2.35. The van der Waals surface area contributed by atoms with E-state index >= 15 is 0 Å². The van der Waals surface area contributed by atoms with E-state index in [9.17, 15) is 4.21 Å². The third-order valence-corrected chi connectivity index (χ3v) is 4.49. The Labute approximate surface area is 109 Å². The first kappa shape index (κ1) is 15.2. The molecule has 3 atom stereocenters. The van der Waals surface area contributed by atoms with Gasteiger partial charge in [-0.2, -0.15) is 0 Å². The fourth-order valence-electron chi connectivity index (χ4n) is 2.94. The third-order valence-electron chi connectivity index (χ3n) is 3.63. The van der Waals surface area contributed by atoms with Crippen LogP contribution in [-0.2, 0) is 10.8 Å². The minimum absolute atomic E-state index is 0.627. The van der Waals surface area contributed by atoms with Crippen LogP contribution >= 0.6 is 0 Å². The Morgan fingerprint density at radius 3 is 2.76 bits per heavy atom. The Balaban J connectivity index is 2.14. The molecule has 3 heteroatoms. The van der Waals surface area contributed by atoms with Crippen LogP contribution in [0.1, 0.15) is 52.4 Å². The molecule has 3 unspecified atom stereocenters. The topological polar surface area (TPSA) is 29.1 Å². The van der Waals surface area contributed by atoms with Crippen molar-refractivity contribution in [2.24, 2.45) is 11.8 Å². The summed E-state index contributed by atoms with van der Waals surface area (Å²) in [6.07, 6.45) is 9.73. The lowest BCUT2D eigenvalue weighted by molar-refractivity contribution is 0.253. The van der Waals surface area contributed by atoms with E-state index in [-0.39, 0.29) is 0 Å². The van der Waals surface area contributed by atoms with Gasteiger partial charge >= 0.3 is 0 Å². The van der Waals surface area contributed by atoms with E-state index in [2.05, 4.69) is 19.2 Å². The van der Waals surface area contributed by atoms with Crippen molar-refractivity contribution in [2.45, 2.75) is 58.4 Å². The molecule has 0 aliphatic heterocycles. The summed E-state index contributed by atoms with van der Waals surface area (Å²) in [6.45, 7) is 5.69. The number of nitrogens with one attached hydrogen (secondary N) is 1. The van der Waals surface area contributed by atoms with E-state index in [0.29, 0.717) is 0 Å². The number of rotatable bonds is 7. The first-order valence-corrected chi connectivity index (χ1v) is 8.84. The molecule has 0 aromatic rings. The highest BCUT2D eigenvalue weighted by Crippen LogP contribution is 2.29. The van der Waals surface area contributed by atoms with E-state index in [1.807, 2.05) is 0 Å². The quantitative estimate of drug-likeness (QED) is 0.712. The van der Waals surface area contributed by atoms with Gasteiger partial charge < -0.3 is 5.32 Å². The summed E-state index contributed by atoms with van der Waals surface area (Å²) >= 11 is 0. The predicted octanol–water partition coefficient (Wildman–Crippen LogP) is 2.95. The Bertz CT molecular complexity index is 230. The molecule has 1 rings (SSSR count). The Kier molecular flexibility index (Phi) is 7.36. The van der Waals surface area contributed by atoms with Gasteiger partial charge in [-0.1, -0.05) is 26.7 Å². The van der Waals surface area contributed by atoms with Gasteiger partial charge in [-0.15, -0.1) is 0 Å². The molecule has 0 aromatic heterocycles. The molecule has 17 heavy (non-hydrogen) atoms. The van der Waals surface area contributed by atoms with Crippen molar-refractivity contribution >= 4 is 10.8 Å². The highest BCUT2D eigenvalue weighted by atomic mass is 32.2. The smallest absolute Gasteiger partial charge is 0.0244 e. The molecule has 0 spiro atoms. The van der Waals surface area contributed by atoms with Crippen LogP contribution in [-0.4, -0.2) is 28.8 Å². The predicted molar refractivity (Wildman–Crippen MR) is 76.8 cm³/mol. The SMILES string of the molecule is CC(C)CC1CCCC(NCCCS(C)=O)C1. The average molecular weight is 259 g/mol. The molecule has 1 fully saturated rings. The van der Waals surface area contributed by atoms with Gasteiger partial charge in [0.05, 0.1) is 0 Å². The van der Waals surface area contributed by atoms with Crippen molar-refractivity contribution in [3.05, 3.63) is 0 Å². The maximum atomic E-state index is 11.0. The molecule has 0 bridgehead atoms. The standard InChI is InChI=1S/C14H29NOS/c1-12(2)10-13-6-4-7-14(11-13)15-8-5-9-17(3)16/h12-15H,4-11H2,1-3H3. The van der Waals surface area contributed by atoms with Crippen molar-refractivity contribution < 1.29 is 4.21 Å². The molecule has 0 amide bonds. The second-order valence-corrected chi connectivity index (χ2v) is 7.50. The highest BCUT2D eigenvalue weighted by Gasteiger charge is 2.21. The largest absolute Gasteiger partial charge is 0.314 e. The summed E-state index contributed by atoms with van der Waals surface area (Å²) in [7, 11) is -0.627. The number of hydrogen-bond acceptors (Lipinski definition) is 2. The maximum Gasteiger partial charge on any atom is 0.0244 e. The zero-order valence-electron chi connectivity index (χ0n) is 11.7. The van der Waals surface area contributed by atoms with Gasteiger partial charge in [-0.25, -0.2) is 0 Å². The molecule has 0 aromatic carbocycles. The van der Waals surface area contributed by atoms with E-state index in [4.69, 9.17) is 0 Å². The van der Waals surface area contributed by atoms with Crippen LogP contribution in [0.25, 0.3) is 0 Å². The molecule has 1 saturated carbocycles. The molecule has 1 aliphatic rings. The minimum atomic E-state index is -0.627. The molecular formula is C14H29NOS. The van der Waals surface area contributed by atoms with Gasteiger partial charge in [0, 0.05) is 28.9 Å². The molecule has 0 saturated heterocycles. The Morgan fingerprint density at radius 2 is 2.12 bits per heavy atom. The normalized spacial score (nSPS) is 27.3. The van der Waals surface area contributed by atoms with E-state index < -0.39 is 10.8 Å².